The molecule has 0 unspecified atom stereocenters. The molecular formula is C23H21FN2O3. The number of furan rings is 1. The van der Waals surface area contributed by atoms with Gasteiger partial charge in [-0.3, -0.25) is 0 Å². The van der Waals surface area contributed by atoms with E-state index in [1.807, 2.05) is 43.3 Å². The number of nitrogens with zero attached hydrogens (tertiary/aromatic N) is 2. The number of aromatic nitrogens is 2. The van der Waals surface area contributed by atoms with Gasteiger partial charge in [-0.2, -0.15) is 5.10 Å². The van der Waals surface area contributed by atoms with Crippen molar-refractivity contribution in [3.63, 3.8) is 0 Å². The van der Waals surface area contributed by atoms with Gasteiger partial charge >= 0.3 is 0 Å². The van der Waals surface area contributed by atoms with Gasteiger partial charge in [0.1, 0.15) is 12.4 Å². The molecular weight excluding hydrogens is 371 g/mol. The molecule has 4 aromatic rings. The summed E-state index contributed by atoms with van der Waals surface area (Å²) >= 11 is 0. The number of hydrogen-bond donors (Lipinski definition) is 0. The first-order valence-corrected chi connectivity index (χ1v) is 9.47. The van der Waals surface area contributed by atoms with Crippen molar-refractivity contribution in [2.75, 3.05) is 13.2 Å². The molecule has 29 heavy (non-hydrogen) atoms. The summed E-state index contributed by atoms with van der Waals surface area (Å²) < 4.78 is 32.7. The minimum absolute atomic E-state index is 0.189. The fraction of sp³-hybridized carbons (Fsp3) is 0.174. The van der Waals surface area contributed by atoms with E-state index in [0.29, 0.717) is 30.4 Å². The maximum Gasteiger partial charge on any atom is 0.212 e. The maximum atomic E-state index is 14.4. The topological polar surface area (TPSA) is 49.4 Å². The van der Waals surface area contributed by atoms with Crippen molar-refractivity contribution in [3.05, 3.63) is 78.8 Å². The van der Waals surface area contributed by atoms with Crippen LogP contribution in [0.2, 0.25) is 0 Å². The van der Waals surface area contributed by atoms with Gasteiger partial charge in [0.2, 0.25) is 5.88 Å². The minimum atomic E-state index is -0.436. The fourth-order valence-corrected chi connectivity index (χ4v) is 3.03. The highest BCUT2D eigenvalue weighted by molar-refractivity contribution is 5.60. The summed E-state index contributed by atoms with van der Waals surface area (Å²) in [5.41, 5.74) is 2.49. The molecule has 0 spiro atoms. The zero-order valence-electron chi connectivity index (χ0n) is 16.0. The highest BCUT2D eigenvalue weighted by Crippen LogP contribution is 2.27. The Balaban J connectivity index is 1.44. The summed E-state index contributed by atoms with van der Waals surface area (Å²) in [4.78, 5) is 0. The van der Waals surface area contributed by atoms with Crippen LogP contribution in [-0.2, 0) is 6.54 Å². The maximum absolute atomic E-state index is 14.4. The van der Waals surface area contributed by atoms with Crippen molar-refractivity contribution in [2.24, 2.45) is 0 Å². The van der Waals surface area contributed by atoms with Crippen molar-refractivity contribution in [2.45, 2.75) is 13.5 Å². The fourth-order valence-electron chi connectivity index (χ4n) is 3.03. The van der Waals surface area contributed by atoms with Crippen LogP contribution in [0.3, 0.4) is 0 Å². The highest BCUT2D eigenvalue weighted by atomic mass is 19.1. The number of rotatable bonds is 8. The Morgan fingerprint density at radius 2 is 1.83 bits per heavy atom. The smallest absolute Gasteiger partial charge is 0.212 e. The third kappa shape index (κ3) is 4.32. The van der Waals surface area contributed by atoms with E-state index in [0.717, 1.165) is 11.3 Å². The summed E-state index contributed by atoms with van der Waals surface area (Å²) in [6.45, 7) is 3.14. The minimum Gasteiger partial charge on any atom is -0.489 e. The molecule has 148 valence electrons. The monoisotopic (exact) mass is 392 g/mol. The van der Waals surface area contributed by atoms with Crippen LogP contribution < -0.4 is 9.47 Å². The van der Waals surface area contributed by atoms with Gasteiger partial charge in [-0.05, 0) is 37.3 Å². The summed E-state index contributed by atoms with van der Waals surface area (Å²) in [7, 11) is 0. The van der Waals surface area contributed by atoms with Crippen LogP contribution in [0.15, 0.2) is 77.4 Å². The predicted octanol–water partition coefficient (Wildman–Crippen LogP) is 5.43. The molecule has 0 saturated heterocycles. The Hall–Kier alpha value is -3.54. The molecule has 2 aromatic heterocycles. The second-order valence-corrected chi connectivity index (χ2v) is 6.36. The lowest BCUT2D eigenvalue weighted by Gasteiger charge is -2.10. The lowest BCUT2D eigenvalue weighted by molar-refractivity contribution is 0.253. The first kappa shape index (κ1) is 18.8. The van der Waals surface area contributed by atoms with Crippen LogP contribution in [0.25, 0.3) is 22.6 Å². The zero-order chi connectivity index (χ0) is 20.1. The Morgan fingerprint density at radius 3 is 2.55 bits per heavy atom. The van der Waals surface area contributed by atoms with E-state index >= 15 is 0 Å². The molecule has 0 radical (unpaired) electrons. The molecule has 5 nitrogen and oxygen atoms in total. The Morgan fingerprint density at radius 1 is 0.966 bits per heavy atom. The van der Waals surface area contributed by atoms with Gasteiger partial charge in [0.05, 0.1) is 25.1 Å². The number of benzene rings is 2. The van der Waals surface area contributed by atoms with Crippen LogP contribution in [-0.4, -0.2) is 23.0 Å². The number of hydrogen-bond acceptors (Lipinski definition) is 4. The molecule has 4 rings (SSSR count). The van der Waals surface area contributed by atoms with E-state index < -0.39 is 5.82 Å². The Labute approximate surface area is 168 Å². The van der Waals surface area contributed by atoms with Crippen molar-refractivity contribution >= 4 is 0 Å². The summed E-state index contributed by atoms with van der Waals surface area (Å²) in [5, 5.41) is 4.61. The van der Waals surface area contributed by atoms with Crippen molar-refractivity contribution in [3.8, 4) is 34.2 Å². The molecule has 2 aromatic carbocycles. The van der Waals surface area contributed by atoms with Crippen LogP contribution in [0.5, 0.6) is 11.6 Å². The normalized spacial score (nSPS) is 10.8. The Kier molecular flexibility index (Phi) is 5.61. The van der Waals surface area contributed by atoms with E-state index in [1.165, 1.54) is 6.07 Å². The summed E-state index contributed by atoms with van der Waals surface area (Å²) in [6.07, 6.45) is 1.56. The van der Waals surface area contributed by atoms with Crippen molar-refractivity contribution in [1.29, 1.82) is 0 Å². The first-order chi connectivity index (χ1) is 14.2. The molecule has 6 heteroatoms. The molecule has 0 aliphatic heterocycles. The van der Waals surface area contributed by atoms with Gasteiger partial charge in [-0.25, -0.2) is 9.07 Å². The van der Waals surface area contributed by atoms with Gasteiger partial charge in [-0.1, -0.05) is 30.3 Å². The average Bonchev–Trinajstić information content (AvgIpc) is 3.41. The molecule has 0 fully saturated rings. The lowest BCUT2D eigenvalue weighted by Crippen LogP contribution is -2.12. The first-order valence-electron chi connectivity index (χ1n) is 9.47. The largest absolute Gasteiger partial charge is 0.489 e. The van der Waals surface area contributed by atoms with Gasteiger partial charge in [0.25, 0.3) is 0 Å². The van der Waals surface area contributed by atoms with Crippen molar-refractivity contribution in [1.82, 2.24) is 9.78 Å². The summed E-state index contributed by atoms with van der Waals surface area (Å²) in [5.74, 6) is 1.02. The number of ether oxygens (including phenoxy) is 2. The molecule has 0 atom stereocenters. The standard InChI is InChI=1S/C23H21FN2O3/c1-2-27-23-16-20(17-7-4-3-5-8-17)25-26(23)12-14-29-22-11-10-18(15-19(22)24)21-9-6-13-28-21/h3-11,13,15-16H,2,12,14H2,1H3. The van der Waals surface area contributed by atoms with Crippen LogP contribution in [0.4, 0.5) is 4.39 Å². The highest BCUT2D eigenvalue weighted by Gasteiger charge is 2.12. The number of halogens is 1. The van der Waals surface area contributed by atoms with Gasteiger partial charge in [0.15, 0.2) is 11.6 Å². The average molecular weight is 392 g/mol. The van der Waals surface area contributed by atoms with E-state index in [-0.39, 0.29) is 12.4 Å². The quantitative estimate of drug-likeness (QED) is 0.401. The molecule has 0 aliphatic rings. The Bertz CT molecular complexity index is 1060. The molecule has 0 amide bonds. The van der Waals surface area contributed by atoms with E-state index in [9.17, 15) is 4.39 Å². The van der Waals surface area contributed by atoms with E-state index in [1.54, 1.807) is 35.2 Å². The molecule has 2 heterocycles. The van der Waals surface area contributed by atoms with Gasteiger partial charge < -0.3 is 13.9 Å². The van der Waals surface area contributed by atoms with E-state index in [2.05, 4.69) is 5.10 Å². The molecule has 0 bridgehead atoms. The molecule has 0 N–H and O–H groups in total. The predicted molar refractivity (Wildman–Crippen MR) is 108 cm³/mol. The van der Waals surface area contributed by atoms with Crippen LogP contribution in [0.1, 0.15) is 6.92 Å². The van der Waals surface area contributed by atoms with Gasteiger partial charge in [0, 0.05) is 17.2 Å². The molecule has 0 saturated carbocycles. The van der Waals surface area contributed by atoms with Crippen molar-refractivity contribution < 1.29 is 18.3 Å². The molecule has 0 aliphatic carbocycles. The summed E-state index contributed by atoms with van der Waals surface area (Å²) in [6, 6.07) is 20.1. The second kappa shape index (κ2) is 8.65. The van der Waals surface area contributed by atoms with Crippen LogP contribution in [0, 0.1) is 5.82 Å². The lowest BCUT2D eigenvalue weighted by atomic mass is 10.1. The third-order valence-corrected chi connectivity index (χ3v) is 4.40. The third-order valence-electron chi connectivity index (χ3n) is 4.40. The zero-order valence-corrected chi connectivity index (χ0v) is 16.0. The second-order valence-electron chi connectivity index (χ2n) is 6.36. The SMILES string of the molecule is CCOc1cc(-c2ccccc2)nn1CCOc1ccc(-c2ccco2)cc1F. The van der Waals surface area contributed by atoms with Gasteiger partial charge in [-0.15, -0.1) is 0 Å². The van der Waals surface area contributed by atoms with E-state index in [4.69, 9.17) is 13.9 Å². The van der Waals surface area contributed by atoms with Crippen LogP contribution >= 0.6 is 0 Å².